The Labute approximate surface area is 104 Å². The predicted molar refractivity (Wildman–Crippen MR) is 71.9 cm³/mol. The van der Waals surface area contributed by atoms with Crippen molar-refractivity contribution in [2.24, 2.45) is 5.73 Å². The maximum absolute atomic E-state index is 9.95. The molecule has 0 aliphatic carbocycles. The van der Waals surface area contributed by atoms with Crippen molar-refractivity contribution in [1.82, 2.24) is 5.32 Å². The van der Waals surface area contributed by atoms with Gasteiger partial charge in [-0.3, -0.25) is 0 Å². The molecule has 0 spiro atoms. The second-order valence-corrected chi connectivity index (χ2v) is 5.49. The summed E-state index contributed by atoms with van der Waals surface area (Å²) in [6.07, 6.45) is 0.269. The highest BCUT2D eigenvalue weighted by atomic mass is 16.3. The molecule has 0 aliphatic rings. The van der Waals surface area contributed by atoms with Crippen LogP contribution in [0.4, 0.5) is 0 Å². The molecule has 0 fully saturated rings. The molecule has 96 valence electrons. The highest BCUT2D eigenvalue weighted by molar-refractivity contribution is 5.16. The number of nitrogens with one attached hydrogen (secondary N) is 1. The Morgan fingerprint density at radius 2 is 1.82 bits per heavy atom. The van der Waals surface area contributed by atoms with Gasteiger partial charge in [-0.15, -0.1) is 0 Å². The van der Waals surface area contributed by atoms with Crippen molar-refractivity contribution in [3.63, 3.8) is 0 Å². The number of aliphatic hydroxyl groups is 1. The summed E-state index contributed by atoms with van der Waals surface area (Å²) >= 11 is 0. The first-order chi connectivity index (χ1) is 7.92. The Kier molecular flexibility index (Phi) is 5.12. The monoisotopic (exact) mass is 236 g/mol. The predicted octanol–water partition coefficient (Wildman–Crippen LogP) is 1.31. The molecule has 0 amide bonds. The average molecular weight is 236 g/mol. The minimum Gasteiger partial charge on any atom is -0.390 e. The van der Waals surface area contributed by atoms with E-state index >= 15 is 0 Å². The molecule has 0 saturated heterocycles. The van der Waals surface area contributed by atoms with Crippen molar-refractivity contribution in [1.29, 1.82) is 0 Å². The highest BCUT2D eigenvalue weighted by Gasteiger charge is 2.23. The summed E-state index contributed by atoms with van der Waals surface area (Å²) in [5.74, 6) is 0. The van der Waals surface area contributed by atoms with E-state index in [-0.39, 0.29) is 18.1 Å². The van der Waals surface area contributed by atoms with Crippen LogP contribution in [-0.4, -0.2) is 29.3 Å². The van der Waals surface area contributed by atoms with E-state index in [1.165, 1.54) is 5.56 Å². The van der Waals surface area contributed by atoms with Crippen molar-refractivity contribution < 1.29 is 5.11 Å². The fourth-order valence-corrected chi connectivity index (χ4v) is 1.87. The highest BCUT2D eigenvalue weighted by Crippen LogP contribution is 2.10. The van der Waals surface area contributed by atoms with Crippen LogP contribution in [0.15, 0.2) is 30.3 Å². The molecule has 17 heavy (non-hydrogen) atoms. The maximum atomic E-state index is 9.95. The summed E-state index contributed by atoms with van der Waals surface area (Å²) in [4.78, 5) is 0. The molecule has 0 aromatic heterocycles. The molecule has 3 nitrogen and oxygen atoms in total. The lowest BCUT2D eigenvalue weighted by molar-refractivity contribution is 0.119. The number of rotatable bonds is 5. The van der Waals surface area contributed by atoms with Gasteiger partial charge in [0.25, 0.3) is 0 Å². The van der Waals surface area contributed by atoms with Gasteiger partial charge >= 0.3 is 0 Å². The summed E-state index contributed by atoms with van der Waals surface area (Å²) in [5.41, 5.74) is 6.73. The lowest BCUT2D eigenvalue weighted by atomic mass is 9.97. The summed E-state index contributed by atoms with van der Waals surface area (Å²) in [6, 6.07) is 10.1. The molecular weight excluding hydrogens is 212 g/mol. The minimum absolute atomic E-state index is 0.0117. The lowest BCUT2D eigenvalue weighted by Crippen LogP contribution is -2.52. The topological polar surface area (TPSA) is 58.3 Å². The van der Waals surface area contributed by atoms with Crippen molar-refractivity contribution in [3.8, 4) is 0 Å². The molecule has 0 radical (unpaired) electrons. The lowest BCUT2D eigenvalue weighted by Gasteiger charge is -2.31. The van der Waals surface area contributed by atoms with Crippen molar-refractivity contribution in [2.45, 2.75) is 44.9 Å². The smallest absolute Gasteiger partial charge is 0.0818 e. The summed E-state index contributed by atoms with van der Waals surface area (Å²) < 4.78 is 0. The fourth-order valence-electron chi connectivity index (χ4n) is 1.87. The van der Waals surface area contributed by atoms with Crippen LogP contribution in [0, 0.1) is 0 Å². The third-order valence-electron chi connectivity index (χ3n) is 2.62. The molecular formula is C14H24N2O. The van der Waals surface area contributed by atoms with Crippen LogP contribution in [0.3, 0.4) is 0 Å². The number of hydrogen-bond acceptors (Lipinski definition) is 3. The quantitative estimate of drug-likeness (QED) is 0.722. The van der Waals surface area contributed by atoms with E-state index in [9.17, 15) is 5.11 Å². The van der Waals surface area contributed by atoms with Crippen LogP contribution >= 0.6 is 0 Å². The van der Waals surface area contributed by atoms with E-state index in [0.29, 0.717) is 0 Å². The van der Waals surface area contributed by atoms with E-state index in [4.69, 9.17) is 5.73 Å². The Bertz CT molecular complexity index is 319. The number of aliphatic hydroxyl groups excluding tert-OH is 1. The number of benzene rings is 1. The Morgan fingerprint density at radius 1 is 1.24 bits per heavy atom. The van der Waals surface area contributed by atoms with E-state index < -0.39 is 6.10 Å². The molecule has 0 aliphatic heterocycles. The Balaban J connectivity index is 2.71. The van der Waals surface area contributed by atoms with Crippen LogP contribution in [-0.2, 0) is 6.42 Å². The fraction of sp³-hybridized carbons (Fsp3) is 0.571. The van der Waals surface area contributed by atoms with Gasteiger partial charge in [-0.25, -0.2) is 0 Å². The molecule has 1 aromatic carbocycles. The SMILES string of the molecule is CC(C)(C)N[C@@H](Cc1ccccc1)[C@H](O)CN. The second-order valence-electron chi connectivity index (χ2n) is 5.49. The third kappa shape index (κ3) is 5.31. The number of nitrogens with two attached hydrogens (primary N) is 1. The van der Waals surface area contributed by atoms with Crippen LogP contribution < -0.4 is 11.1 Å². The van der Waals surface area contributed by atoms with Gasteiger partial charge in [-0.2, -0.15) is 0 Å². The first-order valence-electron chi connectivity index (χ1n) is 6.12. The van der Waals surface area contributed by atoms with Crippen LogP contribution in [0.2, 0.25) is 0 Å². The second kappa shape index (κ2) is 6.15. The minimum atomic E-state index is -0.519. The molecule has 4 N–H and O–H groups in total. The molecule has 0 bridgehead atoms. The molecule has 3 heteroatoms. The van der Waals surface area contributed by atoms with Gasteiger partial charge in [0, 0.05) is 18.1 Å². The zero-order valence-electron chi connectivity index (χ0n) is 11.0. The van der Waals surface area contributed by atoms with E-state index in [1.807, 2.05) is 18.2 Å². The Hall–Kier alpha value is -0.900. The van der Waals surface area contributed by atoms with Crippen LogP contribution in [0.25, 0.3) is 0 Å². The van der Waals surface area contributed by atoms with Gasteiger partial charge in [-0.05, 0) is 32.8 Å². The maximum Gasteiger partial charge on any atom is 0.0818 e. The van der Waals surface area contributed by atoms with Crippen LogP contribution in [0.5, 0.6) is 0 Å². The molecule has 1 aromatic rings. The van der Waals surface area contributed by atoms with Gasteiger partial charge < -0.3 is 16.2 Å². The zero-order valence-corrected chi connectivity index (χ0v) is 11.0. The summed E-state index contributed by atoms with van der Waals surface area (Å²) in [7, 11) is 0. The van der Waals surface area contributed by atoms with E-state index in [2.05, 4.69) is 38.2 Å². The molecule has 0 unspecified atom stereocenters. The molecule has 0 heterocycles. The van der Waals surface area contributed by atoms with Gasteiger partial charge in [0.1, 0.15) is 0 Å². The van der Waals surface area contributed by atoms with Gasteiger partial charge in [0.2, 0.25) is 0 Å². The summed E-state index contributed by atoms with van der Waals surface area (Å²) in [5, 5.41) is 13.4. The molecule has 2 atom stereocenters. The van der Waals surface area contributed by atoms with Crippen molar-refractivity contribution >= 4 is 0 Å². The van der Waals surface area contributed by atoms with Crippen LogP contribution in [0.1, 0.15) is 26.3 Å². The number of hydrogen-bond donors (Lipinski definition) is 3. The first-order valence-corrected chi connectivity index (χ1v) is 6.12. The van der Waals surface area contributed by atoms with Crippen molar-refractivity contribution in [3.05, 3.63) is 35.9 Å². The van der Waals surface area contributed by atoms with Gasteiger partial charge in [0.15, 0.2) is 0 Å². The van der Waals surface area contributed by atoms with E-state index in [0.717, 1.165) is 6.42 Å². The summed E-state index contributed by atoms with van der Waals surface area (Å²) in [6.45, 7) is 6.55. The Morgan fingerprint density at radius 3 is 2.29 bits per heavy atom. The first kappa shape index (κ1) is 14.2. The standard InChI is InChI=1S/C14H24N2O/c1-14(2,3)16-12(13(17)10-15)9-11-7-5-4-6-8-11/h4-8,12-13,16-17H,9-10,15H2,1-3H3/t12-,13+/m0/s1. The largest absolute Gasteiger partial charge is 0.390 e. The third-order valence-corrected chi connectivity index (χ3v) is 2.62. The van der Waals surface area contributed by atoms with E-state index in [1.54, 1.807) is 0 Å². The normalized spacial score (nSPS) is 15.6. The zero-order chi connectivity index (χ0) is 12.9. The average Bonchev–Trinajstić information content (AvgIpc) is 2.27. The van der Waals surface area contributed by atoms with Gasteiger partial charge in [0.05, 0.1) is 6.10 Å². The molecule has 1 rings (SSSR count). The van der Waals surface area contributed by atoms with Gasteiger partial charge in [-0.1, -0.05) is 30.3 Å². The molecule has 0 saturated carbocycles. The van der Waals surface area contributed by atoms with Crippen molar-refractivity contribution in [2.75, 3.05) is 6.54 Å².